The summed E-state index contributed by atoms with van der Waals surface area (Å²) in [5.74, 6) is 5.06. The van der Waals surface area contributed by atoms with Crippen molar-refractivity contribution < 1.29 is 22.8 Å². The quantitative estimate of drug-likeness (QED) is 0.422. The fourth-order valence-electron chi connectivity index (χ4n) is 3.35. The predicted octanol–water partition coefficient (Wildman–Crippen LogP) is 5.52. The maximum atomic E-state index is 14.3. The molecule has 0 radical (unpaired) electrons. The van der Waals surface area contributed by atoms with Gasteiger partial charge in [0, 0.05) is 17.5 Å². The number of aromatic nitrogens is 1. The van der Waals surface area contributed by atoms with E-state index in [1.54, 1.807) is 18.2 Å². The van der Waals surface area contributed by atoms with E-state index in [9.17, 15) is 13.6 Å². The van der Waals surface area contributed by atoms with Gasteiger partial charge in [0.1, 0.15) is 17.3 Å². The van der Waals surface area contributed by atoms with Crippen LogP contribution in [0.2, 0.25) is 0 Å². The molecule has 6 heteroatoms. The van der Waals surface area contributed by atoms with E-state index in [1.165, 1.54) is 37.1 Å². The Morgan fingerprint density at radius 2 is 1.87 bits per heavy atom. The molecule has 1 fully saturated rings. The Hall–Kier alpha value is -3.46. The second kappa shape index (κ2) is 8.91. The van der Waals surface area contributed by atoms with Gasteiger partial charge in [-0.3, -0.25) is 0 Å². The van der Waals surface area contributed by atoms with Crippen LogP contribution in [0.1, 0.15) is 47.4 Å². The van der Waals surface area contributed by atoms with Crippen LogP contribution in [-0.4, -0.2) is 11.1 Å². The van der Waals surface area contributed by atoms with E-state index in [2.05, 4.69) is 17.0 Å². The third kappa shape index (κ3) is 4.74. The van der Waals surface area contributed by atoms with Crippen LogP contribution >= 0.6 is 0 Å². The number of carbonyl (C=O) groups is 1. The van der Waals surface area contributed by atoms with Crippen LogP contribution in [0, 0.1) is 29.4 Å². The smallest absolute Gasteiger partial charge is 0.338 e. The van der Waals surface area contributed by atoms with Crippen molar-refractivity contribution in [3.05, 3.63) is 77.1 Å². The molecule has 0 N–H and O–H groups in total. The Labute approximate surface area is 172 Å². The summed E-state index contributed by atoms with van der Waals surface area (Å²) in [6.07, 6.45) is 4.46. The van der Waals surface area contributed by atoms with Gasteiger partial charge in [-0.25, -0.2) is 13.6 Å². The first-order valence-electron chi connectivity index (χ1n) is 9.78. The van der Waals surface area contributed by atoms with Crippen molar-refractivity contribution in [2.24, 2.45) is 5.92 Å². The summed E-state index contributed by atoms with van der Waals surface area (Å²) in [7, 11) is 0. The molecule has 4 nitrogen and oxygen atoms in total. The molecule has 0 atom stereocenters. The molecule has 1 saturated carbocycles. The molecule has 0 spiro atoms. The lowest BCUT2D eigenvalue weighted by molar-refractivity contribution is 0.0437. The highest BCUT2D eigenvalue weighted by Crippen LogP contribution is 2.24. The second-order valence-corrected chi connectivity index (χ2v) is 7.21. The summed E-state index contributed by atoms with van der Waals surface area (Å²) < 4.78 is 37.6. The van der Waals surface area contributed by atoms with E-state index in [0.29, 0.717) is 22.9 Å². The number of benzene rings is 2. The van der Waals surface area contributed by atoms with Crippen molar-refractivity contribution in [2.75, 3.05) is 0 Å². The number of halogens is 2. The fraction of sp³-hybridized carbons (Fsp3) is 0.250. The van der Waals surface area contributed by atoms with Gasteiger partial charge >= 0.3 is 5.97 Å². The number of hydrogen-bond acceptors (Lipinski definition) is 4. The lowest BCUT2D eigenvalue weighted by Crippen LogP contribution is -2.05. The first-order chi connectivity index (χ1) is 14.6. The van der Waals surface area contributed by atoms with Crippen molar-refractivity contribution >= 4 is 5.97 Å². The van der Waals surface area contributed by atoms with Crippen molar-refractivity contribution in [1.82, 2.24) is 5.16 Å². The highest BCUT2D eigenvalue weighted by molar-refractivity contribution is 5.89. The van der Waals surface area contributed by atoms with Gasteiger partial charge in [0.15, 0.2) is 12.4 Å². The normalized spacial score (nSPS) is 13.7. The molecule has 3 aromatic rings. The minimum absolute atomic E-state index is 0.0946. The molecule has 30 heavy (non-hydrogen) atoms. The number of nitrogens with zero attached hydrogens (tertiary/aromatic N) is 1. The third-order valence-electron chi connectivity index (χ3n) is 5.02. The molecule has 152 valence electrons. The number of carbonyl (C=O) groups excluding carboxylic acids is 1. The zero-order valence-corrected chi connectivity index (χ0v) is 16.2. The van der Waals surface area contributed by atoms with E-state index >= 15 is 0 Å². The molecule has 1 aliphatic rings. The SMILES string of the molecule is O=C(OCc1cc(-c2ccc(F)cc2)no1)c1ccc(C#CC2CCCC2)c(F)c1. The topological polar surface area (TPSA) is 52.3 Å². The van der Waals surface area contributed by atoms with E-state index in [4.69, 9.17) is 9.26 Å². The van der Waals surface area contributed by atoms with Gasteiger partial charge in [0.2, 0.25) is 0 Å². The zero-order chi connectivity index (χ0) is 20.9. The Bertz CT molecular complexity index is 1100. The van der Waals surface area contributed by atoms with Crippen LogP contribution in [0.4, 0.5) is 8.78 Å². The fourth-order valence-corrected chi connectivity index (χ4v) is 3.35. The Morgan fingerprint density at radius 1 is 1.10 bits per heavy atom. The van der Waals surface area contributed by atoms with E-state index in [0.717, 1.165) is 18.9 Å². The average molecular weight is 407 g/mol. The first kappa shape index (κ1) is 19.8. The second-order valence-electron chi connectivity index (χ2n) is 7.21. The Morgan fingerprint density at radius 3 is 2.60 bits per heavy atom. The molecule has 1 heterocycles. The summed E-state index contributed by atoms with van der Waals surface area (Å²) in [6.45, 7) is -0.155. The van der Waals surface area contributed by atoms with Crippen LogP contribution in [0.3, 0.4) is 0 Å². The molecule has 1 aliphatic carbocycles. The van der Waals surface area contributed by atoms with E-state index in [1.807, 2.05) is 0 Å². The highest BCUT2D eigenvalue weighted by Gasteiger charge is 2.14. The summed E-state index contributed by atoms with van der Waals surface area (Å²) in [4.78, 5) is 12.2. The monoisotopic (exact) mass is 407 g/mol. The van der Waals surface area contributed by atoms with Gasteiger partial charge in [-0.1, -0.05) is 29.8 Å². The van der Waals surface area contributed by atoms with E-state index in [-0.39, 0.29) is 23.6 Å². The third-order valence-corrected chi connectivity index (χ3v) is 5.02. The molecule has 2 aromatic carbocycles. The molecule has 0 amide bonds. The largest absolute Gasteiger partial charge is 0.454 e. The summed E-state index contributed by atoms with van der Waals surface area (Å²) in [5.41, 5.74) is 1.54. The number of ether oxygens (including phenoxy) is 1. The van der Waals surface area contributed by atoms with Crippen LogP contribution < -0.4 is 0 Å². The highest BCUT2D eigenvalue weighted by atomic mass is 19.1. The van der Waals surface area contributed by atoms with Crippen molar-refractivity contribution in [3.63, 3.8) is 0 Å². The minimum atomic E-state index is -0.677. The lowest BCUT2D eigenvalue weighted by Gasteiger charge is -2.03. The number of hydrogen-bond donors (Lipinski definition) is 0. The zero-order valence-electron chi connectivity index (χ0n) is 16.2. The Balaban J connectivity index is 1.37. The van der Waals surface area contributed by atoms with Gasteiger partial charge < -0.3 is 9.26 Å². The molecule has 1 aromatic heterocycles. The molecular formula is C24H19F2NO3. The number of rotatable bonds is 4. The summed E-state index contributed by atoms with van der Waals surface area (Å²) >= 11 is 0. The number of esters is 1. The maximum absolute atomic E-state index is 14.3. The van der Waals surface area contributed by atoms with Gasteiger partial charge in [-0.05, 0) is 55.3 Å². The van der Waals surface area contributed by atoms with Gasteiger partial charge in [0.05, 0.1) is 11.1 Å². The molecular weight excluding hydrogens is 388 g/mol. The summed E-state index contributed by atoms with van der Waals surface area (Å²) in [5, 5.41) is 3.88. The Kier molecular flexibility index (Phi) is 5.89. The van der Waals surface area contributed by atoms with Crippen molar-refractivity contribution in [1.29, 1.82) is 0 Å². The lowest BCUT2D eigenvalue weighted by atomic mass is 10.1. The molecule has 0 saturated heterocycles. The van der Waals surface area contributed by atoms with E-state index < -0.39 is 11.8 Å². The molecule has 0 bridgehead atoms. The summed E-state index contributed by atoms with van der Waals surface area (Å²) in [6, 6.07) is 11.5. The molecule has 0 aliphatic heterocycles. The van der Waals surface area contributed by atoms with Crippen LogP contribution in [-0.2, 0) is 11.3 Å². The van der Waals surface area contributed by atoms with Crippen LogP contribution in [0.15, 0.2) is 53.1 Å². The maximum Gasteiger partial charge on any atom is 0.338 e. The predicted molar refractivity (Wildman–Crippen MR) is 106 cm³/mol. The van der Waals surface area contributed by atoms with Gasteiger partial charge in [0.25, 0.3) is 0 Å². The molecule has 0 unspecified atom stereocenters. The van der Waals surface area contributed by atoms with Gasteiger partial charge in [-0.2, -0.15) is 0 Å². The van der Waals surface area contributed by atoms with Crippen molar-refractivity contribution in [3.8, 4) is 23.1 Å². The van der Waals surface area contributed by atoms with Crippen LogP contribution in [0.25, 0.3) is 11.3 Å². The first-order valence-corrected chi connectivity index (χ1v) is 9.78. The van der Waals surface area contributed by atoms with Gasteiger partial charge in [-0.15, -0.1) is 0 Å². The van der Waals surface area contributed by atoms with Crippen molar-refractivity contribution in [2.45, 2.75) is 32.3 Å². The average Bonchev–Trinajstić information content (AvgIpc) is 3.44. The minimum Gasteiger partial charge on any atom is -0.454 e. The van der Waals surface area contributed by atoms with Crippen LogP contribution in [0.5, 0.6) is 0 Å². The molecule has 4 rings (SSSR count). The standard InChI is InChI=1S/C24H19F2NO3/c25-20-11-9-18(10-12-20)23-14-21(30-27-23)15-29-24(28)19-8-7-17(22(26)13-19)6-5-16-3-1-2-4-16/h7-14,16H,1-4,15H2.